The molecule has 42 valence electrons. The summed E-state index contributed by atoms with van der Waals surface area (Å²) in [6.07, 6.45) is 0.903. The van der Waals surface area contributed by atoms with E-state index >= 15 is 0 Å². The van der Waals surface area contributed by atoms with Crippen molar-refractivity contribution in [3.05, 3.63) is 0 Å². The van der Waals surface area contributed by atoms with E-state index in [1.807, 2.05) is 0 Å². The molecule has 3 nitrogen and oxygen atoms in total. The average molecular weight is 216 g/mol. The van der Waals surface area contributed by atoms with Crippen LogP contribution in [0.3, 0.4) is 0 Å². The molecule has 0 aromatic rings. The zero-order chi connectivity index (χ0) is 5.11. The van der Waals surface area contributed by atoms with Gasteiger partial charge in [0.2, 0.25) is 0 Å². The molecule has 0 amide bonds. The SMILES string of the molecule is IC1CCOOO1. The van der Waals surface area contributed by atoms with Crippen LogP contribution in [-0.4, -0.2) is 10.7 Å². The van der Waals surface area contributed by atoms with Gasteiger partial charge >= 0.3 is 0 Å². The van der Waals surface area contributed by atoms with Crippen molar-refractivity contribution in [2.75, 3.05) is 6.61 Å². The van der Waals surface area contributed by atoms with E-state index in [2.05, 4.69) is 37.4 Å². The molecule has 0 aromatic carbocycles. The second kappa shape index (κ2) is 2.81. The number of alkyl halides is 1. The van der Waals surface area contributed by atoms with Crippen LogP contribution in [0.4, 0.5) is 0 Å². The summed E-state index contributed by atoms with van der Waals surface area (Å²) in [5.41, 5.74) is 0. The third-order valence-corrected chi connectivity index (χ3v) is 1.45. The fourth-order valence-electron chi connectivity index (χ4n) is 0.293. The van der Waals surface area contributed by atoms with Gasteiger partial charge in [-0.15, -0.1) is 0 Å². The van der Waals surface area contributed by atoms with E-state index in [-0.39, 0.29) is 4.11 Å². The molecule has 0 aromatic heterocycles. The van der Waals surface area contributed by atoms with Crippen molar-refractivity contribution in [1.82, 2.24) is 0 Å². The summed E-state index contributed by atoms with van der Waals surface area (Å²) < 4.78 is 0.159. The summed E-state index contributed by atoms with van der Waals surface area (Å²) in [5, 5.41) is 4.17. The molecule has 0 bridgehead atoms. The van der Waals surface area contributed by atoms with Crippen LogP contribution in [0.1, 0.15) is 6.42 Å². The first kappa shape index (κ1) is 5.74. The number of hydrogen-bond donors (Lipinski definition) is 0. The first-order chi connectivity index (χ1) is 3.39. The van der Waals surface area contributed by atoms with Crippen LogP contribution in [0, 0.1) is 0 Å². The van der Waals surface area contributed by atoms with Crippen molar-refractivity contribution >= 4 is 22.6 Å². The summed E-state index contributed by atoms with van der Waals surface area (Å²) >= 11 is 2.13. The lowest BCUT2D eigenvalue weighted by atomic mass is 10.5. The van der Waals surface area contributed by atoms with Crippen molar-refractivity contribution in [1.29, 1.82) is 0 Å². The predicted molar refractivity (Wildman–Crippen MR) is 30.5 cm³/mol. The van der Waals surface area contributed by atoms with Gasteiger partial charge in [-0.05, 0) is 22.6 Å². The molecule has 1 rings (SSSR count). The van der Waals surface area contributed by atoms with Gasteiger partial charge in [0.25, 0.3) is 0 Å². The second-order valence-electron chi connectivity index (χ2n) is 1.18. The highest BCUT2D eigenvalue weighted by atomic mass is 127. The highest BCUT2D eigenvalue weighted by molar-refractivity contribution is 14.1. The summed E-state index contributed by atoms with van der Waals surface area (Å²) in [6, 6.07) is 0. The van der Waals surface area contributed by atoms with Crippen LogP contribution in [-0.2, 0) is 14.8 Å². The van der Waals surface area contributed by atoms with Crippen LogP contribution < -0.4 is 0 Å². The quantitative estimate of drug-likeness (QED) is 0.344. The fraction of sp³-hybridized carbons (Fsp3) is 1.00. The monoisotopic (exact) mass is 216 g/mol. The standard InChI is InChI=1S/C3H5IO3/c4-3-1-2-5-7-6-3/h3H,1-2H2. The van der Waals surface area contributed by atoms with Gasteiger partial charge in [0, 0.05) is 6.42 Å². The first-order valence-corrected chi connectivity index (χ1v) is 3.23. The Hall–Kier alpha value is 0.610. The molecule has 1 heterocycles. The highest BCUT2D eigenvalue weighted by Gasteiger charge is 2.10. The van der Waals surface area contributed by atoms with E-state index in [0.717, 1.165) is 6.42 Å². The minimum absolute atomic E-state index is 0.159. The molecule has 0 spiro atoms. The minimum atomic E-state index is 0.159. The number of hydrogen-bond acceptors (Lipinski definition) is 3. The summed E-state index contributed by atoms with van der Waals surface area (Å²) in [4.78, 5) is 8.96. The first-order valence-electron chi connectivity index (χ1n) is 1.98. The predicted octanol–water partition coefficient (Wildman–Crippen LogP) is 1.03. The average Bonchev–Trinajstić information content (AvgIpc) is 1.69. The van der Waals surface area contributed by atoms with E-state index in [4.69, 9.17) is 0 Å². The molecule has 1 atom stereocenters. The second-order valence-corrected chi connectivity index (χ2v) is 2.57. The normalized spacial score (nSPS) is 33.0. The summed E-state index contributed by atoms with van der Waals surface area (Å²) in [7, 11) is 0. The largest absolute Gasteiger partial charge is 0.206 e. The van der Waals surface area contributed by atoms with E-state index < -0.39 is 0 Å². The molecule has 0 N–H and O–H groups in total. The van der Waals surface area contributed by atoms with Gasteiger partial charge in [-0.3, -0.25) is 0 Å². The molecule has 7 heavy (non-hydrogen) atoms. The zero-order valence-corrected chi connectivity index (χ0v) is 5.75. The minimum Gasteiger partial charge on any atom is -0.206 e. The van der Waals surface area contributed by atoms with Crippen molar-refractivity contribution in [3.63, 3.8) is 0 Å². The van der Waals surface area contributed by atoms with Crippen LogP contribution in [0.15, 0.2) is 0 Å². The Balaban J connectivity index is 2.12. The van der Waals surface area contributed by atoms with Crippen LogP contribution >= 0.6 is 22.6 Å². The van der Waals surface area contributed by atoms with Crippen molar-refractivity contribution in [3.8, 4) is 0 Å². The third-order valence-electron chi connectivity index (χ3n) is 0.620. The van der Waals surface area contributed by atoms with Gasteiger partial charge in [0.05, 0.1) is 6.61 Å². The Kier molecular flexibility index (Phi) is 2.30. The molecule has 1 fully saturated rings. The van der Waals surface area contributed by atoms with Gasteiger partial charge < -0.3 is 0 Å². The lowest BCUT2D eigenvalue weighted by Gasteiger charge is -2.13. The van der Waals surface area contributed by atoms with Gasteiger partial charge in [-0.25, -0.2) is 4.89 Å². The highest BCUT2D eigenvalue weighted by Crippen LogP contribution is 2.12. The van der Waals surface area contributed by atoms with E-state index in [9.17, 15) is 0 Å². The molecular formula is C3H5IO3. The van der Waals surface area contributed by atoms with E-state index in [1.54, 1.807) is 0 Å². The number of rotatable bonds is 0. The molecular weight excluding hydrogens is 211 g/mol. The Bertz CT molecular complexity index is 52.1. The Labute approximate surface area is 54.9 Å². The maximum atomic E-state index is 4.54. The smallest absolute Gasteiger partial charge is 0.149 e. The fourth-order valence-corrected chi connectivity index (χ4v) is 0.632. The molecule has 1 unspecified atom stereocenters. The zero-order valence-electron chi connectivity index (χ0n) is 3.59. The molecule has 0 saturated carbocycles. The molecule has 1 aliphatic rings. The van der Waals surface area contributed by atoms with Gasteiger partial charge in [0.15, 0.2) is 0 Å². The Morgan fingerprint density at radius 2 is 2.43 bits per heavy atom. The van der Waals surface area contributed by atoms with Crippen molar-refractivity contribution < 1.29 is 14.8 Å². The van der Waals surface area contributed by atoms with Gasteiger partial charge in [-0.2, -0.15) is 4.89 Å². The van der Waals surface area contributed by atoms with Crippen LogP contribution in [0.2, 0.25) is 0 Å². The topological polar surface area (TPSA) is 27.7 Å². The Morgan fingerprint density at radius 1 is 1.57 bits per heavy atom. The van der Waals surface area contributed by atoms with Gasteiger partial charge in [-0.1, -0.05) is 5.04 Å². The van der Waals surface area contributed by atoms with Gasteiger partial charge in [0.1, 0.15) is 4.11 Å². The molecule has 1 saturated heterocycles. The van der Waals surface area contributed by atoms with Crippen molar-refractivity contribution in [2.45, 2.75) is 10.5 Å². The van der Waals surface area contributed by atoms with E-state index in [1.165, 1.54) is 0 Å². The van der Waals surface area contributed by atoms with Crippen LogP contribution in [0.25, 0.3) is 0 Å². The molecule has 0 radical (unpaired) electrons. The maximum Gasteiger partial charge on any atom is 0.149 e. The Morgan fingerprint density at radius 3 is 2.71 bits per heavy atom. The lowest BCUT2D eigenvalue weighted by Crippen LogP contribution is -2.15. The lowest BCUT2D eigenvalue weighted by molar-refractivity contribution is -0.535. The van der Waals surface area contributed by atoms with Crippen LogP contribution in [0.5, 0.6) is 0 Å². The third kappa shape index (κ3) is 1.89. The molecule has 4 heteroatoms. The number of halogens is 1. The maximum absolute atomic E-state index is 4.54. The molecule has 0 aliphatic carbocycles. The summed E-state index contributed by atoms with van der Waals surface area (Å²) in [6.45, 7) is 0.633. The van der Waals surface area contributed by atoms with E-state index in [0.29, 0.717) is 6.61 Å². The summed E-state index contributed by atoms with van der Waals surface area (Å²) in [5.74, 6) is 0. The van der Waals surface area contributed by atoms with Crippen molar-refractivity contribution in [2.24, 2.45) is 0 Å². The molecule has 1 aliphatic heterocycles.